The molecular weight excluding hydrogens is 906 g/mol. The number of carboxylic acids is 1. The molecule has 3 aliphatic rings. The number of carbonyl (C=O) groups excluding carboxylic acids is 3. The van der Waals surface area contributed by atoms with Crippen LogP contribution in [0.25, 0.3) is 44.7 Å². The monoisotopic (exact) mass is 956 g/mol. The summed E-state index contributed by atoms with van der Waals surface area (Å²) in [7, 11) is 3.99. The fourth-order valence-corrected chi connectivity index (χ4v) is 8.16. The van der Waals surface area contributed by atoms with Crippen molar-refractivity contribution in [3.8, 4) is 39.5 Å². The summed E-state index contributed by atoms with van der Waals surface area (Å²) in [6, 6.07) is 29.3. The highest BCUT2D eigenvalue weighted by atomic mass is 19.4. The molecule has 17 heteroatoms. The van der Waals surface area contributed by atoms with Crippen LogP contribution in [0.15, 0.2) is 124 Å². The molecular formula is C53H51F3N6O8. The van der Waals surface area contributed by atoms with Crippen LogP contribution in [-0.4, -0.2) is 73.1 Å². The first-order valence-corrected chi connectivity index (χ1v) is 22.6. The standard InChI is InChI=1S/C35H31N3O8.C18H20F3N3/c39-20-38-23-8-5-21(6-9-23)19-37-32(42)4-2-1-3-15-36-34(43)22-7-12-26(29(16-22)35(44)45)33-27-13-10-24(40)17-30(27)46-31-18-25(41)11-14-28(31)33;1-23-10-3-4-11-24(2)17-16(23)9-8-15(22-17)13-6-5-7-14(12-13)18(19,20)21/h5-14,16-18,20,40H,1-4,15,19H2,(H,36,43)(H,37,42)(H,38,39)(H,44,45);5-9,12H,3-4,10-11H2,1-2H3. The molecule has 0 bridgehead atoms. The molecule has 0 unspecified atom stereocenters. The van der Waals surface area contributed by atoms with Gasteiger partial charge in [-0.2, -0.15) is 13.2 Å². The zero-order chi connectivity index (χ0) is 50.0. The number of phenolic OH excluding ortho intramolecular Hbond substituents is 1. The third-order valence-corrected chi connectivity index (χ3v) is 11.8. The summed E-state index contributed by atoms with van der Waals surface area (Å²) in [4.78, 5) is 68.9. The summed E-state index contributed by atoms with van der Waals surface area (Å²) in [5.41, 5.74) is 4.33. The van der Waals surface area contributed by atoms with E-state index < -0.39 is 23.6 Å². The van der Waals surface area contributed by atoms with Gasteiger partial charge in [-0.1, -0.05) is 36.8 Å². The van der Waals surface area contributed by atoms with Gasteiger partial charge in [-0.05, 0) is 110 Å². The zero-order valence-corrected chi connectivity index (χ0v) is 38.4. The number of unbranched alkanes of at least 4 members (excludes halogenated alkanes) is 2. The number of carbonyl (C=O) groups is 4. The Morgan fingerprint density at radius 1 is 0.814 bits per heavy atom. The molecule has 1 aliphatic carbocycles. The number of aromatic hydroxyl groups is 1. The normalized spacial score (nSPS) is 12.5. The summed E-state index contributed by atoms with van der Waals surface area (Å²) >= 11 is 0. The molecule has 0 saturated carbocycles. The smallest absolute Gasteiger partial charge is 0.416 e. The van der Waals surface area contributed by atoms with Crippen molar-refractivity contribution in [2.45, 2.75) is 51.2 Å². The fraction of sp³-hybridized carbons (Fsp3) is 0.245. The lowest BCUT2D eigenvalue weighted by Gasteiger charge is -2.30. The summed E-state index contributed by atoms with van der Waals surface area (Å²) in [5.74, 6) is -0.765. The van der Waals surface area contributed by atoms with E-state index in [1.165, 1.54) is 42.5 Å². The number of anilines is 3. The lowest BCUT2D eigenvalue weighted by Crippen LogP contribution is -2.29. The zero-order valence-electron chi connectivity index (χ0n) is 38.4. The van der Waals surface area contributed by atoms with Crippen LogP contribution < -0.4 is 31.2 Å². The highest BCUT2D eigenvalue weighted by Gasteiger charge is 2.31. The number of rotatable bonds is 14. The van der Waals surface area contributed by atoms with Gasteiger partial charge in [0.1, 0.15) is 17.1 Å². The molecule has 4 aromatic carbocycles. The molecule has 0 radical (unpaired) electrons. The number of benzene rings is 5. The molecule has 5 N–H and O–H groups in total. The molecule has 0 atom stereocenters. The van der Waals surface area contributed by atoms with Crippen LogP contribution in [0.1, 0.15) is 70.4 Å². The number of aromatic nitrogens is 1. The van der Waals surface area contributed by atoms with E-state index in [9.17, 15) is 47.4 Å². The van der Waals surface area contributed by atoms with Crippen LogP contribution in [0.4, 0.5) is 30.4 Å². The van der Waals surface area contributed by atoms with E-state index in [-0.39, 0.29) is 39.6 Å². The SMILES string of the molecule is CN1CCCCN(C)c2nc(-c3cccc(C(F)(F)F)c3)ccc21.O=CNc1ccc(CNC(=O)CCCCCNC(=O)c2ccc(-c3c4ccc(=O)cc-4oc4cc(O)ccc34)c(C(=O)O)c2)cc1. The van der Waals surface area contributed by atoms with Crippen LogP contribution in [0.2, 0.25) is 0 Å². The molecule has 0 spiro atoms. The molecule has 3 heterocycles. The van der Waals surface area contributed by atoms with Crippen molar-refractivity contribution >= 4 is 52.4 Å². The van der Waals surface area contributed by atoms with Crippen molar-refractivity contribution in [1.82, 2.24) is 15.6 Å². The lowest BCUT2D eigenvalue weighted by atomic mass is 9.90. The number of hydrogen-bond donors (Lipinski definition) is 5. The minimum absolute atomic E-state index is 0.0540. The van der Waals surface area contributed by atoms with Gasteiger partial charge in [0.15, 0.2) is 11.2 Å². The van der Waals surface area contributed by atoms with Crippen molar-refractivity contribution in [3.05, 3.63) is 148 Å². The Labute approximate surface area is 401 Å². The minimum atomic E-state index is -4.35. The maximum atomic E-state index is 12.9. The van der Waals surface area contributed by atoms with Gasteiger partial charge in [0.25, 0.3) is 5.91 Å². The second kappa shape index (κ2) is 22.3. The molecule has 0 saturated heterocycles. The fourth-order valence-electron chi connectivity index (χ4n) is 8.16. The quantitative estimate of drug-likeness (QED) is 0.0396. The molecule has 3 amide bonds. The number of hydrogen-bond acceptors (Lipinski definition) is 10. The van der Waals surface area contributed by atoms with Gasteiger partial charge >= 0.3 is 12.1 Å². The number of carboxylic acid groups (broad SMARTS) is 1. The van der Waals surface area contributed by atoms with E-state index >= 15 is 0 Å². The number of amides is 3. The van der Waals surface area contributed by atoms with E-state index in [2.05, 4.69) is 30.7 Å². The molecule has 70 heavy (non-hydrogen) atoms. The Morgan fingerprint density at radius 2 is 1.57 bits per heavy atom. The first-order valence-electron chi connectivity index (χ1n) is 22.6. The summed E-state index contributed by atoms with van der Waals surface area (Å²) in [6.45, 7) is 2.57. The molecule has 1 aromatic heterocycles. The van der Waals surface area contributed by atoms with Gasteiger partial charge in [0.2, 0.25) is 12.3 Å². The Hall–Kier alpha value is -8.21. The van der Waals surface area contributed by atoms with Crippen molar-refractivity contribution in [1.29, 1.82) is 0 Å². The average molecular weight is 957 g/mol. The molecule has 8 rings (SSSR count). The van der Waals surface area contributed by atoms with E-state index in [1.54, 1.807) is 42.5 Å². The van der Waals surface area contributed by atoms with E-state index in [0.29, 0.717) is 84.2 Å². The Kier molecular flexibility index (Phi) is 15.8. The first-order chi connectivity index (χ1) is 33.6. The molecule has 362 valence electrons. The average Bonchev–Trinajstić information content (AvgIpc) is 3.34. The molecule has 0 fully saturated rings. The van der Waals surface area contributed by atoms with Crippen molar-refractivity contribution in [3.63, 3.8) is 0 Å². The Morgan fingerprint density at radius 3 is 2.31 bits per heavy atom. The van der Waals surface area contributed by atoms with Crippen LogP contribution in [-0.2, 0) is 22.3 Å². The number of alkyl halides is 3. The number of halogens is 3. The highest BCUT2D eigenvalue weighted by molar-refractivity contribution is 6.09. The van der Waals surface area contributed by atoms with Gasteiger partial charge < -0.3 is 40.4 Å². The summed E-state index contributed by atoms with van der Waals surface area (Å²) < 4.78 is 44.7. The van der Waals surface area contributed by atoms with Crippen molar-refractivity contribution < 1.29 is 47.0 Å². The molecule has 2 aliphatic heterocycles. The minimum Gasteiger partial charge on any atom is -0.508 e. The third-order valence-electron chi connectivity index (χ3n) is 11.8. The predicted molar refractivity (Wildman–Crippen MR) is 262 cm³/mol. The van der Waals surface area contributed by atoms with E-state index in [0.717, 1.165) is 55.1 Å². The first kappa shape index (κ1) is 49.7. The summed E-state index contributed by atoms with van der Waals surface area (Å²) in [5, 5.41) is 28.9. The predicted octanol–water partition coefficient (Wildman–Crippen LogP) is 9.58. The second-order valence-corrected chi connectivity index (χ2v) is 16.9. The number of aromatic carboxylic acids is 1. The lowest BCUT2D eigenvalue weighted by molar-refractivity contribution is -0.137. The number of fused-ring (bicyclic) bond motifs is 3. The van der Waals surface area contributed by atoms with Gasteiger partial charge in [-0.3, -0.25) is 19.2 Å². The number of nitrogens with one attached hydrogen (secondary N) is 3. The van der Waals surface area contributed by atoms with Crippen molar-refractivity contribution in [2.24, 2.45) is 0 Å². The topological polar surface area (TPSA) is 194 Å². The van der Waals surface area contributed by atoms with Crippen molar-refractivity contribution in [2.75, 3.05) is 48.8 Å². The highest BCUT2D eigenvalue weighted by Crippen LogP contribution is 2.42. The Bertz CT molecular complexity index is 3050. The van der Waals surface area contributed by atoms with Gasteiger partial charge in [-0.25, -0.2) is 9.78 Å². The third kappa shape index (κ3) is 12.3. The van der Waals surface area contributed by atoms with Gasteiger partial charge in [0.05, 0.1) is 22.5 Å². The Balaban J connectivity index is 0.000000252. The maximum absolute atomic E-state index is 12.9. The van der Waals surface area contributed by atoms with Crippen LogP contribution in [0, 0.1) is 0 Å². The van der Waals surface area contributed by atoms with Crippen LogP contribution in [0.3, 0.4) is 0 Å². The van der Waals surface area contributed by atoms with Crippen LogP contribution >= 0.6 is 0 Å². The van der Waals surface area contributed by atoms with Crippen LogP contribution in [0.5, 0.6) is 5.75 Å². The number of pyridine rings is 1. The van der Waals surface area contributed by atoms with Gasteiger partial charge in [0, 0.05) is 92.2 Å². The second-order valence-electron chi connectivity index (χ2n) is 16.9. The number of phenols is 1. The molecule has 5 aromatic rings. The largest absolute Gasteiger partial charge is 0.508 e. The maximum Gasteiger partial charge on any atom is 0.416 e. The van der Waals surface area contributed by atoms with E-state index in [1.807, 2.05) is 32.3 Å². The molecule has 14 nitrogen and oxygen atoms in total. The van der Waals surface area contributed by atoms with Gasteiger partial charge in [-0.15, -0.1) is 0 Å². The van der Waals surface area contributed by atoms with E-state index in [4.69, 9.17) is 4.42 Å². The number of nitrogens with zero attached hydrogens (tertiary/aromatic N) is 3. The summed E-state index contributed by atoms with van der Waals surface area (Å²) in [6.07, 6.45) is 0.740.